The largest absolute Gasteiger partial charge is 0.356 e. The molecule has 1 aliphatic rings. The molecule has 0 atom stereocenters. The van der Waals surface area contributed by atoms with Crippen molar-refractivity contribution in [3.05, 3.63) is 45.7 Å². The van der Waals surface area contributed by atoms with Gasteiger partial charge in [0, 0.05) is 31.0 Å². The van der Waals surface area contributed by atoms with Gasteiger partial charge in [0.15, 0.2) is 11.8 Å². The van der Waals surface area contributed by atoms with Crippen LogP contribution in [0.25, 0.3) is 0 Å². The zero-order valence-corrected chi connectivity index (χ0v) is 19.3. The van der Waals surface area contributed by atoms with E-state index in [-0.39, 0.29) is 29.8 Å². The number of benzene rings is 1. The van der Waals surface area contributed by atoms with Gasteiger partial charge in [0.2, 0.25) is 0 Å². The SMILES string of the molecule is CN=C(NCCCc1ccc(Br)cc1F)NCc1nnc2n1CCCC2.I. The third-order valence-electron chi connectivity index (χ3n) is 4.50. The van der Waals surface area contributed by atoms with Crippen molar-refractivity contribution in [1.29, 1.82) is 0 Å². The minimum absolute atomic E-state index is 0. The third-order valence-corrected chi connectivity index (χ3v) is 5.00. The minimum atomic E-state index is -0.168. The van der Waals surface area contributed by atoms with E-state index in [2.05, 4.69) is 46.3 Å². The van der Waals surface area contributed by atoms with E-state index in [1.807, 2.05) is 12.1 Å². The van der Waals surface area contributed by atoms with E-state index in [1.165, 1.54) is 18.9 Å². The summed E-state index contributed by atoms with van der Waals surface area (Å²) in [6, 6.07) is 5.19. The first kappa shape index (κ1) is 22.1. The van der Waals surface area contributed by atoms with Gasteiger partial charge in [-0.05, 0) is 43.4 Å². The molecule has 1 aliphatic heterocycles. The third kappa shape index (κ3) is 6.13. The summed E-state index contributed by atoms with van der Waals surface area (Å²) in [6.07, 6.45) is 4.87. The molecule has 0 saturated heterocycles. The molecule has 6 nitrogen and oxygen atoms in total. The molecule has 0 fully saturated rings. The lowest BCUT2D eigenvalue weighted by Crippen LogP contribution is -2.38. The van der Waals surface area contributed by atoms with Gasteiger partial charge in [-0.1, -0.05) is 22.0 Å². The number of aromatic nitrogens is 3. The average molecular weight is 551 g/mol. The van der Waals surface area contributed by atoms with Gasteiger partial charge in [-0.2, -0.15) is 0 Å². The fourth-order valence-electron chi connectivity index (χ4n) is 3.09. The van der Waals surface area contributed by atoms with E-state index in [4.69, 9.17) is 0 Å². The zero-order valence-electron chi connectivity index (χ0n) is 15.3. The van der Waals surface area contributed by atoms with Gasteiger partial charge in [-0.25, -0.2) is 4.39 Å². The molecular formula is C18H25BrFIN6. The maximum atomic E-state index is 13.8. The molecule has 2 heterocycles. The van der Waals surface area contributed by atoms with Crippen LogP contribution in [0.4, 0.5) is 4.39 Å². The van der Waals surface area contributed by atoms with Gasteiger partial charge in [-0.3, -0.25) is 4.99 Å². The van der Waals surface area contributed by atoms with Crippen molar-refractivity contribution in [3.63, 3.8) is 0 Å². The van der Waals surface area contributed by atoms with E-state index >= 15 is 0 Å². The van der Waals surface area contributed by atoms with Crippen LogP contribution in [0.5, 0.6) is 0 Å². The van der Waals surface area contributed by atoms with Gasteiger partial charge < -0.3 is 15.2 Å². The number of nitrogens with one attached hydrogen (secondary N) is 2. The van der Waals surface area contributed by atoms with Crippen LogP contribution in [0.2, 0.25) is 0 Å². The molecule has 27 heavy (non-hydrogen) atoms. The summed E-state index contributed by atoms with van der Waals surface area (Å²) in [5, 5.41) is 15.1. The first-order valence-electron chi connectivity index (χ1n) is 8.97. The summed E-state index contributed by atoms with van der Waals surface area (Å²) in [5.41, 5.74) is 0.730. The standard InChI is InChI=1S/C18H24BrFN6.HI/c1-21-18(22-9-4-5-13-7-8-14(19)11-15(13)20)23-12-17-25-24-16-6-2-3-10-26(16)17;/h7-8,11H,2-6,9-10,12H2,1H3,(H2,21,22,23);1H. The second-order valence-corrected chi connectivity index (χ2v) is 7.25. The highest BCUT2D eigenvalue weighted by Crippen LogP contribution is 2.16. The Hall–Kier alpha value is -1.23. The second-order valence-electron chi connectivity index (χ2n) is 6.33. The number of hydrogen-bond acceptors (Lipinski definition) is 3. The maximum Gasteiger partial charge on any atom is 0.191 e. The Morgan fingerprint density at radius 2 is 2.15 bits per heavy atom. The molecular weight excluding hydrogens is 526 g/mol. The number of rotatable bonds is 6. The maximum absolute atomic E-state index is 13.8. The lowest BCUT2D eigenvalue weighted by Gasteiger charge is -2.16. The molecule has 2 N–H and O–H groups in total. The van der Waals surface area contributed by atoms with Gasteiger partial charge in [0.1, 0.15) is 11.6 Å². The van der Waals surface area contributed by atoms with Crippen LogP contribution in [0.1, 0.15) is 36.5 Å². The van der Waals surface area contributed by atoms with Crippen LogP contribution in [-0.2, 0) is 25.9 Å². The van der Waals surface area contributed by atoms with E-state index in [9.17, 15) is 4.39 Å². The Morgan fingerprint density at radius 3 is 2.93 bits per heavy atom. The lowest BCUT2D eigenvalue weighted by atomic mass is 10.1. The average Bonchev–Trinajstić information content (AvgIpc) is 3.06. The van der Waals surface area contributed by atoms with Crippen LogP contribution in [0, 0.1) is 5.82 Å². The van der Waals surface area contributed by atoms with Gasteiger partial charge in [-0.15, -0.1) is 34.2 Å². The number of hydrogen-bond donors (Lipinski definition) is 2. The highest BCUT2D eigenvalue weighted by atomic mass is 127. The molecule has 0 radical (unpaired) electrons. The number of guanidine groups is 1. The lowest BCUT2D eigenvalue weighted by molar-refractivity contribution is 0.504. The number of aryl methyl sites for hydroxylation is 2. The Labute approximate surface area is 184 Å². The van der Waals surface area contributed by atoms with E-state index in [0.717, 1.165) is 47.0 Å². The van der Waals surface area contributed by atoms with Crippen molar-refractivity contribution in [3.8, 4) is 0 Å². The highest BCUT2D eigenvalue weighted by Gasteiger charge is 2.15. The van der Waals surface area contributed by atoms with Crippen LogP contribution >= 0.6 is 39.9 Å². The summed E-state index contributed by atoms with van der Waals surface area (Å²) >= 11 is 3.28. The number of nitrogens with zero attached hydrogens (tertiary/aromatic N) is 4. The monoisotopic (exact) mass is 550 g/mol. The van der Waals surface area contributed by atoms with Crippen LogP contribution < -0.4 is 10.6 Å². The summed E-state index contributed by atoms with van der Waals surface area (Å²) < 4.78 is 16.8. The van der Waals surface area contributed by atoms with Gasteiger partial charge in [0.25, 0.3) is 0 Å². The Bertz CT molecular complexity index is 779. The zero-order chi connectivity index (χ0) is 18.4. The quantitative estimate of drug-likeness (QED) is 0.250. The van der Waals surface area contributed by atoms with Crippen molar-refractivity contribution < 1.29 is 4.39 Å². The van der Waals surface area contributed by atoms with E-state index in [0.29, 0.717) is 19.5 Å². The summed E-state index contributed by atoms with van der Waals surface area (Å²) in [7, 11) is 1.74. The number of halogens is 3. The fraction of sp³-hybridized carbons (Fsp3) is 0.500. The Balaban J connectivity index is 0.00000261. The van der Waals surface area contributed by atoms with E-state index in [1.54, 1.807) is 7.05 Å². The number of fused-ring (bicyclic) bond motifs is 1. The molecule has 2 aromatic rings. The predicted molar refractivity (Wildman–Crippen MR) is 119 cm³/mol. The molecule has 0 aliphatic carbocycles. The van der Waals surface area contributed by atoms with Crippen LogP contribution in [0.15, 0.2) is 27.7 Å². The van der Waals surface area contributed by atoms with Crippen molar-refractivity contribution in [2.75, 3.05) is 13.6 Å². The first-order valence-corrected chi connectivity index (χ1v) is 9.76. The topological polar surface area (TPSA) is 67.1 Å². The van der Waals surface area contributed by atoms with Crippen LogP contribution in [0.3, 0.4) is 0 Å². The van der Waals surface area contributed by atoms with E-state index < -0.39 is 0 Å². The van der Waals surface area contributed by atoms with Gasteiger partial charge >= 0.3 is 0 Å². The van der Waals surface area contributed by atoms with Crippen molar-refractivity contribution in [2.45, 2.75) is 45.2 Å². The van der Waals surface area contributed by atoms with Crippen LogP contribution in [-0.4, -0.2) is 34.3 Å². The Kier molecular flexibility index (Phi) is 8.94. The molecule has 9 heteroatoms. The summed E-state index contributed by atoms with van der Waals surface area (Å²) in [4.78, 5) is 4.23. The van der Waals surface area contributed by atoms with Crippen molar-refractivity contribution in [1.82, 2.24) is 25.4 Å². The fourth-order valence-corrected chi connectivity index (χ4v) is 3.43. The molecule has 1 aromatic heterocycles. The number of aliphatic imine (C=N–C) groups is 1. The highest BCUT2D eigenvalue weighted by molar-refractivity contribution is 14.0. The van der Waals surface area contributed by atoms with Crippen molar-refractivity contribution in [2.24, 2.45) is 4.99 Å². The molecule has 0 unspecified atom stereocenters. The molecule has 0 bridgehead atoms. The van der Waals surface area contributed by atoms with Crippen molar-refractivity contribution >= 4 is 45.9 Å². The molecule has 0 saturated carbocycles. The molecule has 3 rings (SSSR count). The minimum Gasteiger partial charge on any atom is -0.356 e. The Morgan fingerprint density at radius 1 is 1.30 bits per heavy atom. The molecule has 148 valence electrons. The summed E-state index contributed by atoms with van der Waals surface area (Å²) in [5.74, 6) is 2.57. The molecule has 0 amide bonds. The second kappa shape index (κ2) is 10.9. The molecule has 0 spiro atoms. The first-order chi connectivity index (χ1) is 12.7. The molecule has 1 aromatic carbocycles. The predicted octanol–water partition coefficient (Wildman–Crippen LogP) is 3.43. The summed E-state index contributed by atoms with van der Waals surface area (Å²) in [6.45, 7) is 2.30. The van der Waals surface area contributed by atoms with Gasteiger partial charge in [0.05, 0.1) is 6.54 Å². The smallest absolute Gasteiger partial charge is 0.191 e. The normalized spacial score (nSPS) is 13.7.